The molecule has 1 amide bonds. The quantitative estimate of drug-likeness (QED) is 0.836. The number of aromatic hydroxyl groups is 1. The first-order chi connectivity index (χ1) is 13.2. The van der Waals surface area contributed by atoms with Crippen molar-refractivity contribution in [3.63, 3.8) is 0 Å². The third-order valence-corrected chi connectivity index (χ3v) is 5.19. The van der Waals surface area contributed by atoms with Gasteiger partial charge in [0.15, 0.2) is 5.88 Å². The molecule has 2 heterocycles. The Hall–Kier alpha value is -2.41. The Labute approximate surface area is 165 Å². The van der Waals surface area contributed by atoms with Crippen LogP contribution in [0.3, 0.4) is 0 Å². The van der Waals surface area contributed by atoms with Crippen molar-refractivity contribution in [2.45, 2.75) is 51.9 Å². The van der Waals surface area contributed by atoms with Crippen LogP contribution in [0.25, 0.3) is 10.8 Å². The summed E-state index contributed by atoms with van der Waals surface area (Å²) in [7, 11) is 1.60. The van der Waals surface area contributed by atoms with Gasteiger partial charge in [-0.25, -0.2) is 4.79 Å². The highest BCUT2D eigenvalue weighted by Gasteiger charge is 2.30. The number of carbonyl (C=O) groups is 1. The Kier molecular flexibility index (Phi) is 5.74. The second-order valence-corrected chi connectivity index (χ2v) is 8.43. The fourth-order valence-corrected chi connectivity index (χ4v) is 3.65. The molecule has 1 saturated heterocycles. The molecule has 1 aromatic heterocycles. The van der Waals surface area contributed by atoms with Gasteiger partial charge in [-0.3, -0.25) is 0 Å². The zero-order valence-corrected chi connectivity index (χ0v) is 17.0. The number of benzene rings is 1. The highest BCUT2D eigenvalue weighted by Crippen LogP contribution is 2.31. The maximum absolute atomic E-state index is 12.2. The van der Waals surface area contributed by atoms with Crippen molar-refractivity contribution in [1.82, 2.24) is 9.47 Å². The first-order valence-corrected chi connectivity index (χ1v) is 9.70. The van der Waals surface area contributed by atoms with Gasteiger partial charge in [0.2, 0.25) is 0 Å². The molecular weight excluding hydrogens is 360 g/mol. The highest BCUT2D eigenvalue weighted by atomic mass is 16.6. The van der Waals surface area contributed by atoms with Crippen molar-refractivity contribution in [3.05, 3.63) is 24.4 Å². The second-order valence-electron chi connectivity index (χ2n) is 8.43. The van der Waals surface area contributed by atoms with Crippen LogP contribution < -0.4 is 4.74 Å². The van der Waals surface area contributed by atoms with E-state index in [9.17, 15) is 15.0 Å². The van der Waals surface area contributed by atoms with Gasteiger partial charge in [-0.1, -0.05) is 0 Å². The average Bonchev–Trinajstić information content (AvgIpc) is 2.95. The van der Waals surface area contributed by atoms with E-state index in [2.05, 4.69) is 0 Å². The van der Waals surface area contributed by atoms with Crippen LogP contribution in [-0.4, -0.2) is 57.7 Å². The zero-order chi connectivity index (χ0) is 20.5. The molecular formula is C21H30N2O5. The molecule has 7 nitrogen and oxygen atoms in total. The van der Waals surface area contributed by atoms with E-state index >= 15 is 0 Å². The molecule has 1 atom stereocenters. The second kappa shape index (κ2) is 7.91. The number of hydrogen-bond donors (Lipinski definition) is 2. The number of piperidine rings is 1. The van der Waals surface area contributed by atoms with E-state index in [4.69, 9.17) is 9.47 Å². The molecule has 2 aromatic rings. The summed E-state index contributed by atoms with van der Waals surface area (Å²) in [4.78, 5) is 13.9. The number of ether oxygens (including phenoxy) is 2. The van der Waals surface area contributed by atoms with Crippen LogP contribution in [0.5, 0.6) is 11.6 Å². The summed E-state index contributed by atoms with van der Waals surface area (Å²) in [5.41, 5.74) is -0.510. The largest absolute Gasteiger partial charge is 0.497 e. The molecule has 1 fully saturated rings. The lowest BCUT2D eigenvalue weighted by Gasteiger charge is -2.35. The molecule has 1 aliphatic rings. The predicted molar refractivity (Wildman–Crippen MR) is 107 cm³/mol. The summed E-state index contributed by atoms with van der Waals surface area (Å²) in [6.07, 6.45) is 2.33. The summed E-state index contributed by atoms with van der Waals surface area (Å²) < 4.78 is 12.3. The molecule has 0 saturated carbocycles. The number of hydrogen-bond acceptors (Lipinski definition) is 5. The molecule has 7 heteroatoms. The fourth-order valence-electron chi connectivity index (χ4n) is 3.65. The first-order valence-electron chi connectivity index (χ1n) is 9.70. The normalized spacial score (nSPS) is 17.0. The minimum Gasteiger partial charge on any atom is -0.497 e. The van der Waals surface area contributed by atoms with Crippen LogP contribution in [0.4, 0.5) is 4.79 Å². The van der Waals surface area contributed by atoms with E-state index in [1.807, 2.05) is 39.1 Å². The molecule has 2 N–H and O–H groups in total. The van der Waals surface area contributed by atoms with Crippen molar-refractivity contribution in [2.24, 2.45) is 5.92 Å². The molecule has 28 heavy (non-hydrogen) atoms. The minimum atomic E-state index is -0.601. The van der Waals surface area contributed by atoms with Gasteiger partial charge in [0, 0.05) is 30.1 Å². The Bertz CT molecular complexity index is 831. The fraction of sp³-hybridized carbons (Fsp3) is 0.571. The van der Waals surface area contributed by atoms with Gasteiger partial charge in [-0.15, -0.1) is 0 Å². The smallest absolute Gasteiger partial charge is 0.410 e. The molecule has 154 valence electrons. The summed E-state index contributed by atoms with van der Waals surface area (Å²) in [6, 6.07) is 5.47. The molecule has 0 radical (unpaired) electrons. The number of methoxy groups -OCH3 is 1. The molecule has 1 aliphatic heterocycles. The van der Waals surface area contributed by atoms with Crippen LogP contribution in [0.15, 0.2) is 24.4 Å². The highest BCUT2D eigenvalue weighted by molar-refractivity contribution is 5.89. The number of carbonyl (C=O) groups excluding carboxylic acids is 1. The third-order valence-electron chi connectivity index (χ3n) is 5.19. The molecule has 0 spiro atoms. The van der Waals surface area contributed by atoms with Gasteiger partial charge in [0.05, 0.1) is 19.8 Å². The summed E-state index contributed by atoms with van der Waals surface area (Å²) >= 11 is 0. The van der Waals surface area contributed by atoms with E-state index in [0.717, 1.165) is 16.5 Å². The minimum absolute atomic E-state index is 0.0677. The van der Waals surface area contributed by atoms with E-state index in [-0.39, 0.29) is 17.9 Å². The lowest BCUT2D eigenvalue weighted by Crippen LogP contribution is -2.44. The van der Waals surface area contributed by atoms with Crippen molar-refractivity contribution in [2.75, 3.05) is 20.2 Å². The predicted octanol–water partition coefficient (Wildman–Crippen LogP) is 3.36. The van der Waals surface area contributed by atoms with Gasteiger partial charge in [-0.2, -0.15) is 0 Å². The Balaban J connectivity index is 1.60. The Morgan fingerprint density at radius 3 is 2.57 bits per heavy atom. The number of nitrogens with zero attached hydrogens (tertiary/aromatic N) is 2. The topological polar surface area (TPSA) is 84.2 Å². The number of likely N-dealkylation sites (tertiary alicyclic amines) is 1. The van der Waals surface area contributed by atoms with Crippen LogP contribution in [0.1, 0.15) is 33.6 Å². The van der Waals surface area contributed by atoms with Gasteiger partial charge >= 0.3 is 6.09 Å². The van der Waals surface area contributed by atoms with Crippen LogP contribution in [0.2, 0.25) is 0 Å². The van der Waals surface area contributed by atoms with Gasteiger partial charge < -0.3 is 29.2 Å². The monoisotopic (exact) mass is 390 g/mol. The average molecular weight is 390 g/mol. The van der Waals surface area contributed by atoms with Crippen LogP contribution in [-0.2, 0) is 11.3 Å². The Morgan fingerprint density at radius 2 is 1.96 bits per heavy atom. The molecule has 0 aliphatic carbocycles. The van der Waals surface area contributed by atoms with Gasteiger partial charge in [0.1, 0.15) is 11.4 Å². The maximum atomic E-state index is 12.2. The SMILES string of the molecule is COc1ccc2c(O)n(CC(O)C3CCN(C(=O)OC(C)(C)C)CC3)cc2c1. The van der Waals surface area contributed by atoms with Crippen molar-refractivity contribution in [1.29, 1.82) is 0 Å². The third kappa shape index (κ3) is 4.52. The van der Waals surface area contributed by atoms with E-state index < -0.39 is 11.7 Å². The number of rotatable bonds is 4. The maximum Gasteiger partial charge on any atom is 0.410 e. The standard InChI is InChI=1S/C21H30N2O5/c1-21(2,3)28-20(26)22-9-7-14(8-10-22)18(24)13-23-12-15-11-16(27-4)5-6-17(15)19(23)25/h5-6,11-12,14,18,24-25H,7-10,13H2,1-4H3. The number of aromatic nitrogens is 1. The van der Waals surface area contributed by atoms with Gasteiger partial charge in [-0.05, 0) is 57.7 Å². The summed E-state index contributed by atoms with van der Waals surface area (Å²) in [5.74, 6) is 0.931. The summed E-state index contributed by atoms with van der Waals surface area (Å²) in [6.45, 7) is 6.99. The van der Waals surface area contributed by atoms with Crippen LogP contribution in [0, 0.1) is 5.92 Å². The number of aliphatic hydroxyl groups is 1. The van der Waals surface area contributed by atoms with Crippen molar-refractivity contribution >= 4 is 16.9 Å². The lowest BCUT2D eigenvalue weighted by atomic mass is 9.91. The Morgan fingerprint density at radius 1 is 1.29 bits per heavy atom. The first kappa shape index (κ1) is 20.3. The lowest BCUT2D eigenvalue weighted by molar-refractivity contribution is 0.00545. The van der Waals surface area contributed by atoms with Crippen molar-refractivity contribution < 1.29 is 24.5 Å². The van der Waals surface area contributed by atoms with Crippen LogP contribution >= 0.6 is 0 Å². The number of aliphatic hydroxyl groups excluding tert-OH is 1. The molecule has 1 unspecified atom stereocenters. The van der Waals surface area contributed by atoms with E-state index in [1.54, 1.807) is 22.6 Å². The van der Waals surface area contributed by atoms with Crippen molar-refractivity contribution in [3.8, 4) is 11.6 Å². The summed E-state index contributed by atoms with van der Waals surface area (Å²) in [5, 5.41) is 22.8. The number of fused-ring (bicyclic) bond motifs is 1. The number of amides is 1. The van der Waals surface area contributed by atoms with E-state index in [0.29, 0.717) is 32.5 Å². The van der Waals surface area contributed by atoms with E-state index in [1.165, 1.54) is 0 Å². The molecule has 1 aromatic carbocycles. The molecule has 0 bridgehead atoms. The molecule has 3 rings (SSSR count). The van der Waals surface area contributed by atoms with Gasteiger partial charge in [0.25, 0.3) is 0 Å². The zero-order valence-electron chi connectivity index (χ0n) is 17.0.